The van der Waals surface area contributed by atoms with Gasteiger partial charge in [-0.05, 0) is 37.6 Å². The standard InChI is InChI=1S/C15H21N3/c1-4-16-15(13-9-7-6-8-12(13)3)14-10-11-17-18(14)5-2/h6-11,15-16H,4-5H2,1-3H3. The van der Waals surface area contributed by atoms with E-state index in [1.54, 1.807) is 0 Å². The number of hydrogen-bond acceptors (Lipinski definition) is 2. The Kier molecular flexibility index (Phi) is 4.15. The van der Waals surface area contributed by atoms with Gasteiger partial charge in [0, 0.05) is 12.7 Å². The zero-order valence-electron chi connectivity index (χ0n) is 11.4. The van der Waals surface area contributed by atoms with Crippen molar-refractivity contribution >= 4 is 0 Å². The van der Waals surface area contributed by atoms with Crippen molar-refractivity contribution in [3.63, 3.8) is 0 Å². The molecule has 18 heavy (non-hydrogen) atoms. The fourth-order valence-electron chi connectivity index (χ4n) is 2.34. The van der Waals surface area contributed by atoms with E-state index in [0.717, 1.165) is 13.1 Å². The molecule has 0 aliphatic carbocycles. The summed E-state index contributed by atoms with van der Waals surface area (Å²) in [5.74, 6) is 0. The maximum Gasteiger partial charge on any atom is 0.0750 e. The minimum Gasteiger partial charge on any atom is -0.305 e. The Hall–Kier alpha value is -1.61. The van der Waals surface area contributed by atoms with Crippen LogP contribution in [0.5, 0.6) is 0 Å². The molecule has 0 radical (unpaired) electrons. The Labute approximate surface area is 109 Å². The zero-order valence-corrected chi connectivity index (χ0v) is 11.4. The Morgan fingerprint density at radius 2 is 2.00 bits per heavy atom. The van der Waals surface area contributed by atoms with E-state index in [1.807, 2.05) is 6.20 Å². The van der Waals surface area contributed by atoms with Crippen LogP contribution in [0.15, 0.2) is 36.5 Å². The van der Waals surface area contributed by atoms with Crippen molar-refractivity contribution in [2.75, 3.05) is 6.54 Å². The lowest BCUT2D eigenvalue weighted by molar-refractivity contribution is 0.541. The molecule has 0 saturated carbocycles. The second-order valence-corrected chi connectivity index (χ2v) is 4.42. The molecule has 3 nitrogen and oxygen atoms in total. The summed E-state index contributed by atoms with van der Waals surface area (Å²) in [5, 5.41) is 7.93. The Bertz CT molecular complexity index is 502. The number of rotatable bonds is 5. The van der Waals surface area contributed by atoms with Gasteiger partial charge in [-0.15, -0.1) is 0 Å². The summed E-state index contributed by atoms with van der Waals surface area (Å²) in [5.41, 5.74) is 3.87. The zero-order chi connectivity index (χ0) is 13.0. The van der Waals surface area contributed by atoms with Crippen molar-refractivity contribution in [3.8, 4) is 0 Å². The minimum atomic E-state index is 0.221. The fourth-order valence-corrected chi connectivity index (χ4v) is 2.34. The van der Waals surface area contributed by atoms with Crippen LogP contribution in [-0.4, -0.2) is 16.3 Å². The molecule has 1 atom stereocenters. The fraction of sp³-hybridized carbons (Fsp3) is 0.400. The Balaban J connectivity index is 2.43. The van der Waals surface area contributed by atoms with Crippen LogP contribution in [0.1, 0.15) is 36.7 Å². The van der Waals surface area contributed by atoms with Crippen LogP contribution < -0.4 is 5.32 Å². The lowest BCUT2D eigenvalue weighted by atomic mass is 9.98. The first-order chi connectivity index (χ1) is 8.77. The molecule has 1 aromatic heterocycles. The van der Waals surface area contributed by atoms with Crippen molar-refractivity contribution in [3.05, 3.63) is 53.3 Å². The van der Waals surface area contributed by atoms with E-state index in [9.17, 15) is 0 Å². The van der Waals surface area contributed by atoms with Crippen LogP contribution >= 0.6 is 0 Å². The van der Waals surface area contributed by atoms with Gasteiger partial charge >= 0.3 is 0 Å². The average molecular weight is 243 g/mol. The van der Waals surface area contributed by atoms with Gasteiger partial charge in [-0.1, -0.05) is 31.2 Å². The summed E-state index contributed by atoms with van der Waals surface area (Å²) in [6.45, 7) is 8.26. The number of aryl methyl sites for hydroxylation is 2. The van der Waals surface area contributed by atoms with Gasteiger partial charge in [0.2, 0.25) is 0 Å². The summed E-state index contributed by atoms with van der Waals surface area (Å²) in [6.07, 6.45) is 1.88. The molecule has 0 aliphatic rings. The highest BCUT2D eigenvalue weighted by atomic mass is 15.3. The van der Waals surface area contributed by atoms with Crippen LogP contribution in [0.4, 0.5) is 0 Å². The molecule has 1 aromatic carbocycles. The first kappa shape index (κ1) is 12.8. The van der Waals surface area contributed by atoms with Crippen molar-refractivity contribution in [1.82, 2.24) is 15.1 Å². The molecule has 1 N–H and O–H groups in total. The summed E-state index contributed by atoms with van der Waals surface area (Å²) in [4.78, 5) is 0. The van der Waals surface area contributed by atoms with E-state index >= 15 is 0 Å². The topological polar surface area (TPSA) is 29.9 Å². The average Bonchev–Trinajstić information content (AvgIpc) is 2.85. The largest absolute Gasteiger partial charge is 0.305 e. The maximum atomic E-state index is 4.37. The molecule has 0 amide bonds. The minimum absolute atomic E-state index is 0.221. The predicted octanol–water partition coefficient (Wildman–Crippen LogP) is 2.91. The van der Waals surface area contributed by atoms with Gasteiger partial charge in [0.25, 0.3) is 0 Å². The second kappa shape index (κ2) is 5.83. The van der Waals surface area contributed by atoms with Crippen LogP contribution in [0.2, 0.25) is 0 Å². The molecule has 2 aromatic rings. The van der Waals surface area contributed by atoms with E-state index in [4.69, 9.17) is 0 Å². The number of aromatic nitrogens is 2. The summed E-state index contributed by atoms with van der Waals surface area (Å²) in [6, 6.07) is 10.8. The number of benzene rings is 1. The Morgan fingerprint density at radius 1 is 1.22 bits per heavy atom. The molecular weight excluding hydrogens is 222 g/mol. The van der Waals surface area contributed by atoms with E-state index in [0.29, 0.717) is 0 Å². The van der Waals surface area contributed by atoms with E-state index in [1.165, 1.54) is 16.8 Å². The quantitative estimate of drug-likeness (QED) is 0.875. The van der Waals surface area contributed by atoms with Crippen LogP contribution in [-0.2, 0) is 6.54 Å². The SMILES string of the molecule is CCNC(c1ccccc1C)c1ccnn1CC. The molecule has 0 fully saturated rings. The van der Waals surface area contributed by atoms with Gasteiger partial charge in [-0.3, -0.25) is 4.68 Å². The molecular formula is C15H21N3. The molecule has 1 heterocycles. The van der Waals surface area contributed by atoms with Gasteiger partial charge in [-0.2, -0.15) is 5.10 Å². The molecule has 1 unspecified atom stereocenters. The van der Waals surface area contributed by atoms with Gasteiger partial charge in [-0.25, -0.2) is 0 Å². The summed E-state index contributed by atoms with van der Waals surface area (Å²) >= 11 is 0. The normalized spacial score (nSPS) is 12.6. The third-order valence-corrected chi connectivity index (χ3v) is 3.25. The van der Waals surface area contributed by atoms with Gasteiger partial charge in [0.05, 0.1) is 11.7 Å². The monoisotopic (exact) mass is 243 g/mol. The highest BCUT2D eigenvalue weighted by molar-refractivity contribution is 5.34. The molecule has 3 heteroatoms. The molecule has 96 valence electrons. The molecule has 0 aliphatic heterocycles. The molecule has 0 bridgehead atoms. The van der Waals surface area contributed by atoms with Gasteiger partial charge in [0.1, 0.15) is 0 Å². The first-order valence-corrected chi connectivity index (χ1v) is 6.58. The summed E-state index contributed by atoms with van der Waals surface area (Å²) < 4.78 is 2.06. The highest BCUT2D eigenvalue weighted by Crippen LogP contribution is 2.24. The molecule has 0 spiro atoms. The highest BCUT2D eigenvalue weighted by Gasteiger charge is 2.18. The Morgan fingerprint density at radius 3 is 2.67 bits per heavy atom. The third kappa shape index (κ3) is 2.46. The van der Waals surface area contributed by atoms with Crippen molar-refractivity contribution in [1.29, 1.82) is 0 Å². The summed E-state index contributed by atoms with van der Waals surface area (Å²) in [7, 11) is 0. The van der Waals surface area contributed by atoms with E-state index < -0.39 is 0 Å². The number of nitrogens with one attached hydrogen (secondary N) is 1. The molecule has 2 rings (SSSR count). The number of nitrogens with zero attached hydrogens (tertiary/aromatic N) is 2. The van der Waals surface area contributed by atoms with Gasteiger partial charge in [0.15, 0.2) is 0 Å². The first-order valence-electron chi connectivity index (χ1n) is 6.58. The predicted molar refractivity (Wildman–Crippen MR) is 74.6 cm³/mol. The van der Waals surface area contributed by atoms with Crippen molar-refractivity contribution in [2.45, 2.75) is 33.4 Å². The van der Waals surface area contributed by atoms with Crippen molar-refractivity contribution < 1.29 is 0 Å². The molecule has 0 saturated heterocycles. The van der Waals surface area contributed by atoms with Crippen LogP contribution in [0.25, 0.3) is 0 Å². The van der Waals surface area contributed by atoms with Crippen LogP contribution in [0.3, 0.4) is 0 Å². The van der Waals surface area contributed by atoms with E-state index in [-0.39, 0.29) is 6.04 Å². The second-order valence-electron chi connectivity index (χ2n) is 4.42. The number of hydrogen-bond donors (Lipinski definition) is 1. The van der Waals surface area contributed by atoms with Crippen LogP contribution in [0, 0.1) is 6.92 Å². The van der Waals surface area contributed by atoms with E-state index in [2.05, 4.69) is 66.2 Å². The smallest absolute Gasteiger partial charge is 0.0750 e. The lowest BCUT2D eigenvalue weighted by Crippen LogP contribution is -2.25. The maximum absolute atomic E-state index is 4.37. The third-order valence-electron chi connectivity index (χ3n) is 3.25. The van der Waals surface area contributed by atoms with Crippen molar-refractivity contribution in [2.24, 2.45) is 0 Å². The van der Waals surface area contributed by atoms with Gasteiger partial charge < -0.3 is 5.32 Å². The lowest BCUT2D eigenvalue weighted by Gasteiger charge is -2.21.